The van der Waals surface area contributed by atoms with E-state index < -0.39 is 16.8 Å². The Morgan fingerprint density at radius 1 is 1.10 bits per heavy atom. The number of carbonyl (C=O) groups excluding carboxylic acids is 2. The highest BCUT2D eigenvalue weighted by atomic mass is 16.6. The summed E-state index contributed by atoms with van der Waals surface area (Å²) in [6, 6.07) is 14.2. The number of amides is 1. The van der Waals surface area contributed by atoms with E-state index in [0.717, 1.165) is 24.2 Å². The van der Waals surface area contributed by atoms with Gasteiger partial charge in [0.05, 0.1) is 10.5 Å². The molecule has 8 nitrogen and oxygen atoms in total. The summed E-state index contributed by atoms with van der Waals surface area (Å²) in [6.07, 6.45) is 2.27. The third kappa shape index (κ3) is 4.32. The van der Waals surface area contributed by atoms with E-state index in [2.05, 4.69) is 9.88 Å². The number of esters is 1. The standard InChI is InChI=1S/C23H21N3O5/c1-14-12-21(15(2)25(14)18-8-9-18)23(28)31-20-10-6-17(7-11-20)24-22(27)16-4-3-5-19(13-16)26(29)30/h3-7,10-13,18H,8-9H2,1-2H3,(H,24,27). The number of benzene rings is 2. The first-order valence-electron chi connectivity index (χ1n) is 9.90. The average Bonchev–Trinajstić information content (AvgIpc) is 3.53. The predicted octanol–water partition coefficient (Wildman–Crippen LogP) is 4.82. The average molecular weight is 419 g/mol. The second kappa shape index (κ2) is 8.06. The molecule has 1 saturated carbocycles. The summed E-state index contributed by atoms with van der Waals surface area (Å²) < 4.78 is 7.68. The molecule has 0 atom stereocenters. The number of aryl methyl sites for hydroxylation is 1. The molecule has 1 aliphatic carbocycles. The van der Waals surface area contributed by atoms with Gasteiger partial charge in [0.25, 0.3) is 11.6 Å². The lowest BCUT2D eigenvalue weighted by Crippen LogP contribution is -2.12. The molecule has 1 amide bonds. The van der Waals surface area contributed by atoms with Gasteiger partial charge in [-0.1, -0.05) is 6.07 Å². The summed E-state index contributed by atoms with van der Waals surface area (Å²) in [6.45, 7) is 3.91. The van der Waals surface area contributed by atoms with Gasteiger partial charge >= 0.3 is 5.97 Å². The Morgan fingerprint density at radius 2 is 1.81 bits per heavy atom. The number of aromatic nitrogens is 1. The summed E-state index contributed by atoms with van der Waals surface area (Å²) in [7, 11) is 0. The molecule has 3 aromatic rings. The topological polar surface area (TPSA) is 103 Å². The maximum absolute atomic E-state index is 12.6. The third-order valence-corrected chi connectivity index (χ3v) is 5.26. The molecule has 31 heavy (non-hydrogen) atoms. The number of nitrogens with zero attached hydrogens (tertiary/aromatic N) is 2. The van der Waals surface area contributed by atoms with Crippen LogP contribution >= 0.6 is 0 Å². The Bertz CT molecular complexity index is 1180. The van der Waals surface area contributed by atoms with Gasteiger partial charge in [-0.3, -0.25) is 14.9 Å². The zero-order valence-electron chi connectivity index (χ0n) is 17.1. The van der Waals surface area contributed by atoms with Gasteiger partial charge in [0.2, 0.25) is 0 Å². The van der Waals surface area contributed by atoms with Crippen molar-refractivity contribution in [3.63, 3.8) is 0 Å². The number of anilines is 1. The lowest BCUT2D eigenvalue weighted by atomic mass is 10.2. The number of rotatable bonds is 6. The van der Waals surface area contributed by atoms with Crippen molar-refractivity contribution >= 4 is 23.3 Å². The molecule has 0 aliphatic heterocycles. The number of hydrogen-bond donors (Lipinski definition) is 1. The molecule has 1 heterocycles. The summed E-state index contributed by atoms with van der Waals surface area (Å²) >= 11 is 0. The normalized spacial score (nSPS) is 13.0. The molecule has 1 N–H and O–H groups in total. The van der Waals surface area contributed by atoms with E-state index in [0.29, 0.717) is 23.0 Å². The predicted molar refractivity (Wildman–Crippen MR) is 115 cm³/mol. The lowest BCUT2D eigenvalue weighted by molar-refractivity contribution is -0.384. The molecule has 0 bridgehead atoms. The molecule has 1 aromatic heterocycles. The SMILES string of the molecule is Cc1cc(C(=O)Oc2ccc(NC(=O)c3cccc([N+](=O)[O-])c3)cc2)c(C)n1C1CC1. The number of non-ortho nitro benzene ring substituents is 1. The lowest BCUT2D eigenvalue weighted by Gasteiger charge is -2.09. The van der Waals surface area contributed by atoms with Gasteiger partial charge < -0.3 is 14.6 Å². The molecule has 0 saturated heterocycles. The van der Waals surface area contributed by atoms with Crippen LogP contribution in [-0.2, 0) is 0 Å². The van der Waals surface area contributed by atoms with Gasteiger partial charge in [0.15, 0.2) is 0 Å². The zero-order chi connectivity index (χ0) is 22.1. The Balaban J connectivity index is 1.42. The first-order chi connectivity index (χ1) is 14.8. The maximum atomic E-state index is 12.6. The second-order valence-corrected chi connectivity index (χ2v) is 7.56. The molecule has 0 radical (unpaired) electrons. The first kappa shape index (κ1) is 20.3. The molecule has 8 heteroatoms. The zero-order valence-corrected chi connectivity index (χ0v) is 17.1. The number of nitrogens with one attached hydrogen (secondary N) is 1. The highest BCUT2D eigenvalue weighted by Gasteiger charge is 2.28. The van der Waals surface area contributed by atoms with Crippen LogP contribution in [0.2, 0.25) is 0 Å². The van der Waals surface area contributed by atoms with Crippen molar-refractivity contribution in [3.8, 4) is 5.75 Å². The summed E-state index contributed by atoms with van der Waals surface area (Å²) in [5.74, 6) is -0.538. The minimum absolute atomic E-state index is 0.157. The van der Waals surface area contributed by atoms with Gasteiger partial charge in [0.1, 0.15) is 5.75 Å². The van der Waals surface area contributed by atoms with Crippen LogP contribution in [0.3, 0.4) is 0 Å². The fraction of sp³-hybridized carbons (Fsp3) is 0.217. The molecular weight excluding hydrogens is 398 g/mol. The van der Waals surface area contributed by atoms with E-state index in [1.54, 1.807) is 24.3 Å². The van der Waals surface area contributed by atoms with Crippen LogP contribution in [0.4, 0.5) is 11.4 Å². The van der Waals surface area contributed by atoms with E-state index in [1.165, 1.54) is 24.3 Å². The molecule has 158 valence electrons. The van der Waals surface area contributed by atoms with Crippen molar-refractivity contribution in [1.29, 1.82) is 0 Å². The van der Waals surface area contributed by atoms with Crippen molar-refractivity contribution in [2.45, 2.75) is 32.7 Å². The molecule has 1 aliphatic rings. The number of nitro benzene ring substituents is 1. The fourth-order valence-corrected chi connectivity index (χ4v) is 3.61. The fourth-order valence-electron chi connectivity index (χ4n) is 3.61. The number of carbonyl (C=O) groups is 2. The highest BCUT2D eigenvalue weighted by molar-refractivity contribution is 6.04. The van der Waals surface area contributed by atoms with Gasteiger partial charge in [-0.25, -0.2) is 4.79 Å². The Hall–Kier alpha value is -3.94. The third-order valence-electron chi connectivity index (χ3n) is 5.26. The van der Waals surface area contributed by atoms with Crippen molar-refractivity contribution in [2.24, 2.45) is 0 Å². The first-order valence-corrected chi connectivity index (χ1v) is 9.90. The van der Waals surface area contributed by atoms with E-state index in [-0.39, 0.29) is 11.3 Å². The van der Waals surface area contributed by atoms with Crippen molar-refractivity contribution < 1.29 is 19.2 Å². The number of nitro groups is 1. The molecule has 1 fully saturated rings. The van der Waals surface area contributed by atoms with Crippen LogP contribution in [-0.4, -0.2) is 21.4 Å². The minimum Gasteiger partial charge on any atom is -0.423 e. The second-order valence-electron chi connectivity index (χ2n) is 7.56. The van der Waals surface area contributed by atoms with E-state index >= 15 is 0 Å². The van der Waals surface area contributed by atoms with E-state index in [9.17, 15) is 19.7 Å². The van der Waals surface area contributed by atoms with Crippen molar-refractivity contribution in [2.75, 3.05) is 5.32 Å². The molecule has 2 aromatic carbocycles. The maximum Gasteiger partial charge on any atom is 0.345 e. The van der Waals surface area contributed by atoms with Gasteiger partial charge in [-0.15, -0.1) is 0 Å². The van der Waals surface area contributed by atoms with Gasteiger partial charge in [-0.2, -0.15) is 0 Å². The number of hydrogen-bond acceptors (Lipinski definition) is 5. The van der Waals surface area contributed by atoms with Crippen LogP contribution < -0.4 is 10.1 Å². The van der Waals surface area contributed by atoms with Gasteiger partial charge in [-0.05, 0) is 63.1 Å². The smallest absolute Gasteiger partial charge is 0.345 e. The largest absolute Gasteiger partial charge is 0.423 e. The highest BCUT2D eigenvalue weighted by Crippen LogP contribution is 2.38. The molecular formula is C23H21N3O5. The van der Waals surface area contributed by atoms with Crippen LogP contribution in [0.15, 0.2) is 54.6 Å². The van der Waals surface area contributed by atoms with Gasteiger partial charge in [0, 0.05) is 40.8 Å². The summed E-state index contributed by atoms with van der Waals surface area (Å²) in [5.41, 5.74) is 3.00. The Kier molecular flexibility index (Phi) is 5.29. The monoisotopic (exact) mass is 419 g/mol. The summed E-state index contributed by atoms with van der Waals surface area (Å²) in [4.78, 5) is 35.3. The quantitative estimate of drug-likeness (QED) is 0.267. The van der Waals surface area contributed by atoms with Crippen LogP contribution in [0.1, 0.15) is 51.0 Å². The van der Waals surface area contributed by atoms with Crippen LogP contribution in [0, 0.1) is 24.0 Å². The summed E-state index contributed by atoms with van der Waals surface area (Å²) in [5, 5.41) is 13.5. The molecule has 0 spiro atoms. The van der Waals surface area contributed by atoms with E-state index in [1.807, 2.05) is 19.9 Å². The minimum atomic E-state index is -0.554. The van der Waals surface area contributed by atoms with E-state index in [4.69, 9.17) is 4.74 Å². The van der Waals surface area contributed by atoms with Crippen molar-refractivity contribution in [1.82, 2.24) is 4.57 Å². The Morgan fingerprint density at radius 3 is 2.45 bits per heavy atom. The number of ether oxygens (including phenoxy) is 1. The van der Waals surface area contributed by atoms with Crippen LogP contribution in [0.25, 0.3) is 0 Å². The van der Waals surface area contributed by atoms with Crippen molar-refractivity contribution in [3.05, 3.63) is 87.2 Å². The molecule has 0 unspecified atom stereocenters. The van der Waals surface area contributed by atoms with Crippen LogP contribution in [0.5, 0.6) is 5.75 Å². The Labute approximate surface area is 178 Å². The molecule has 4 rings (SSSR count).